The minimum Gasteiger partial charge on any atom is -0.491 e. The van der Waals surface area contributed by atoms with Crippen molar-refractivity contribution in [1.82, 2.24) is 4.90 Å². The summed E-state index contributed by atoms with van der Waals surface area (Å²) in [5.74, 6) is 0.860. The van der Waals surface area contributed by atoms with Crippen LogP contribution in [-0.4, -0.2) is 51.7 Å². The first-order valence-corrected chi connectivity index (χ1v) is 9.54. The zero-order chi connectivity index (χ0) is 21.1. The smallest absolute Gasteiger partial charge is 0.387 e. The van der Waals surface area contributed by atoms with E-state index in [1.54, 1.807) is 12.1 Å². The number of ether oxygens (including phenoxy) is 3. The van der Waals surface area contributed by atoms with Crippen LogP contribution in [0.3, 0.4) is 0 Å². The zero-order valence-electron chi connectivity index (χ0n) is 16.8. The standard InChI is InChI=1S/C22H28F3NO3/c1-26(2)13-12-20(28-16-23)15-27-21-9-4-3-7-18(21)11-10-17-6-5-8-19(14-17)29-22(24)25/h3-9,14,20,22H,10-13,15-16H2,1-2H3. The van der Waals surface area contributed by atoms with Gasteiger partial charge < -0.3 is 19.1 Å². The van der Waals surface area contributed by atoms with Crippen LogP contribution in [0.25, 0.3) is 0 Å². The molecule has 0 fully saturated rings. The SMILES string of the molecule is CN(C)CCC(COc1ccccc1CCc1cccc(OC(F)F)c1)OCF. The summed E-state index contributed by atoms with van der Waals surface area (Å²) in [5.41, 5.74) is 1.88. The Hall–Kier alpha value is -2.25. The van der Waals surface area contributed by atoms with E-state index in [9.17, 15) is 13.2 Å². The first kappa shape index (κ1) is 23.0. The summed E-state index contributed by atoms with van der Waals surface area (Å²) in [4.78, 5) is 2.01. The summed E-state index contributed by atoms with van der Waals surface area (Å²) in [6, 6.07) is 14.3. The van der Waals surface area contributed by atoms with E-state index < -0.39 is 13.5 Å². The van der Waals surface area contributed by atoms with E-state index in [1.807, 2.05) is 49.3 Å². The highest BCUT2D eigenvalue weighted by Gasteiger charge is 2.13. The number of benzene rings is 2. The van der Waals surface area contributed by atoms with Gasteiger partial charge >= 0.3 is 6.61 Å². The molecule has 0 bridgehead atoms. The molecule has 7 heteroatoms. The molecular formula is C22H28F3NO3. The third-order valence-electron chi connectivity index (χ3n) is 4.40. The molecule has 0 spiro atoms. The highest BCUT2D eigenvalue weighted by Crippen LogP contribution is 2.22. The van der Waals surface area contributed by atoms with Crippen molar-refractivity contribution >= 4 is 0 Å². The van der Waals surface area contributed by atoms with Gasteiger partial charge in [-0.25, -0.2) is 4.39 Å². The van der Waals surface area contributed by atoms with Gasteiger partial charge in [-0.1, -0.05) is 30.3 Å². The maximum Gasteiger partial charge on any atom is 0.387 e. The molecule has 160 valence electrons. The minimum atomic E-state index is -2.84. The van der Waals surface area contributed by atoms with Gasteiger partial charge in [0.2, 0.25) is 0 Å². The molecule has 0 radical (unpaired) electrons. The Morgan fingerprint density at radius 2 is 1.79 bits per heavy atom. The number of hydrogen-bond acceptors (Lipinski definition) is 4. The lowest BCUT2D eigenvalue weighted by Gasteiger charge is -2.20. The fraction of sp³-hybridized carbons (Fsp3) is 0.455. The molecule has 2 aromatic carbocycles. The molecule has 0 aromatic heterocycles. The van der Waals surface area contributed by atoms with E-state index in [0.717, 1.165) is 17.7 Å². The van der Waals surface area contributed by atoms with Crippen LogP contribution in [0.1, 0.15) is 17.5 Å². The fourth-order valence-electron chi connectivity index (χ4n) is 2.90. The van der Waals surface area contributed by atoms with Crippen molar-refractivity contribution in [2.75, 3.05) is 34.1 Å². The zero-order valence-corrected chi connectivity index (χ0v) is 16.8. The highest BCUT2D eigenvalue weighted by atomic mass is 19.3. The third kappa shape index (κ3) is 8.75. The molecule has 2 aromatic rings. The van der Waals surface area contributed by atoms with Crippen molar-refractivity contribution in [3.63, 3.8) is 0 Å². The maximum absolute atomic E-state index is 12.6. The Morgan fingerprint density at radius 1 is 1.00 bits per heavy atom. The van der Waals surface area contributed by atoms with Crippen LogP contribution < -0.4 is 9.47 Å². The average molecular weight is 411 g/mol. The number of rotatable bonds is 13. The molecule has 0 amide bonds. The summed E-state index contributed by atoms with van der Waals surface area (Å²) in [6.45, 7) is -2.66. The molecule has 4 nitrogen and oxygen atoms in total. The largest absolute Gasteiger partial charge is 0.491 e. The van der Waals surface area contributed by atoms with Crippen molar-refractivity contribution in [1.29, 1.82) is 0 Å². The molecule has 1 unspecified atom stereocenters. The monoisotopic (exact) mass is 411 g/mol. The van der Waals surface area contributed by atoms with Crippen LogP contribution in [0, 0.1) is 0 Å². The quantitative estimate of drug-likeness (QED) is 0.477. The second-order valence-corrected chi connectivity index (χ2v) is 6.93. The molecule has 0 heterocycles. The lowest BCUT2D eigenvalue weighted by molar-refractivity contribution is -0.0498. The molecule has 1 atom stereocenters. The van der Waals surface area contributed by atoms with E-state index >= 15 is 0 Å². The van der Waals surface area contributed by atoms with Crippen LogP contribution in [0.5, 0.6) is 11.5 Å². The van der Waals surface area contributed by atoms with Crippen molar-refractivity contribution in [3.05, 3.63) is 59.7 Å². The normalized spacial score (nSPS) is 12.4. The number of hydrogen-bond donors (Lipinski definition) is 0. The first-order valence-electron chi connectivity index (χ1n) is 9.54. The van der Waals surface area contributed by atoms with Crippen LogP contribution in [0.15, 0.2) is 48.5 Å². The molecule has 0 aliphatic rings. The van der Waals surface area contributed by atoms with Gasteiger partial charge in [0.15, 0.2) is 6.86 Å². The Kier molecular flexibility index (Phi) is 9.80. The Labute approximate surface area is 170 Å². The number of aryl methyl sites for hydroxylation is 2. The molecule has 0 saturated heterocycles. The van der Waals surface area contributed by atoms with Gasteiger partial charge in [0.05, 0.1) is 6.10 Å². The lowest BCUT2D eigenvalue weighted by atomic mass is 10.0. The van der Waals surface area contributed by atoms with Crippen molar-refractivity contribution in [2.24, 2.45) is 0 Å². The van der Waals surface area contributed by atoms with E-state index in [0.29, 0.717) is 25.0 Å². The summed E-state index contributed by atoms with van der Waals surface area (Å²) in [7, 11) is 3.90. The average Bonchev–Trinajstić information content (AvgIpc) is 2.69. The van der Waals surface area contributed by atoms with Gasteiger partial charge in [0, 0.05) is 6.54 Å². The number of para-hydroxylation sites is 1. The predicted octanol–water partition coefficient (Wildman–Crippen LogP) is 4.72. The van der Waals surface area contributed by atoms with Gasteiger partial charge in [0.25, 0.3) is 0 Å². The Balaban J connectivity index is 1.96. The molecule has 0 N–H and O–H groups in total. The lowest BCUT2D eigenvalue weighted by Crippen LogP contribution is -2.27. The van der Waals surface area contributed by atoms with Crippen LogP contribution in [0.4, 0.5) is 13.2 Å². The van der Waals surface area contributed by atoms with Gasteiger partial charge in [-0.05, 0) is 62.7 Å². The molecule has 29 heavy (non-hydrogen) atoms. The Bertz CT molecular complexity index is 728. The molecule has 2 rings (SSSR count). The van der Waals surface area contributed by atoms with Gasteiger partial charge in [-0.2, -0.15) is 8.78 Å². The summed E-state index contributed by atoms with van der Waals surface area (Å²) in [5, 5.41) is 0. The van der Waals surface area contributed by atoms with Gasteiger partial charge in [0.1, 0.15) is 18.1 Å². The van der Waals surface area contributed by atoms with E-state index in [2.05, 4.69) is 4.74 Å². The van der Waals surface area contributed by atoms with Crippen molar-refractivity contribution < 1.29 is 27.4 Å². The predicted molar refractivity (Wildman–Crippen MR) is 106 cm³/mol. The summed E-state index contributed by atoms with van der Waals surface area (Å²) < 4.78 is 52.9. The second-order valence-electron chi connectivity index (χ2n) is 6.93. The first-order chi connectivity index (χ1) is 14.0. The molecule has 0 saturated carbocycles. The third-order valence-corrected chi connectivity index (χ3v) is 4.40. The molecule has 0 aliphatic carbocycles. The topological polar surface area (TPSA) is 30.9 Å². The summed E-state index contributed by atoms with van der Waals surface area (Å²) >= 11 is 0. The maximum atomic E-state index is 12.6. The number of halogens is 3. The highest BCUT2D eigenvalue weighted by molar-refractivity contribution is 5.35. The second kappa shape index (κ2) is 12.3. The van der Waals surface area contributed by atoms with E-state index in [-0.39, 0.29) is 18.5 Å². The number of alkyl halides is 3. The molecular weight excluding hydrogens is 383 g/mol. The van der Waals surface area contributed by atoms with Crippen LogP contribution in [-0.2, 0) is 17.6 Å². The minimum absolute atomic E-state index is 0.147. The van der Waals surface area contributed by atoms with E-state index in [1.165, 1.54) is 6.07 Å². The van der Waals surface area contributed by atoms with Crippen LogP contribution >= 0.6 is 0 Å². The van der Waals surface area contributed by atoms with Crippen molar-refractivity contribution in [2.45, 2.75) is 32.0 Å². The fourth-order valence-corrected chi connectivity index (χ4v) is 2.90. The van der Waals surface area contributed by atoms with Gasteiger partial charge in [-0.15, -0.1) is 0 Å². The summed E-state index contributed by atoms with van der Waals surface area (Å²) in [6.07, 6.45) is 1.64. The van der Waals surface area contributed by atoms with Crippen molar-refractivity contribution in [3.8, 4) is 11.5 Å². The Morgan fingerprint density at radius 3 is 2.52 bits per heavy atom. The number of nitrogens with zero attached hydrogens (tertiary/aromatic N) is 1. The van der Waals surface area contributed by atoms with Gasteiger partial charge in [-0.3, -0.25) is 0 Å². The van der Waals surface area contributed by atoms with Crippen LogP contribution in [0.2, 0.25) is 0 Å². The van der Waals surface area contributed by atoms with E-state index in [4.69, 9.17) is 9.47 Å². The molecule has 0 aliphatic heterocycles.